The molecule has 0 heterocycles. The largest absolute Gasteiger partial charge is 0.490 e. The van der Waals surface area contributed by atoms with E-state index in [4.69, 9.17) is 4.74 Å². The van der Waals surface area contributed by atoms with Crippen LogP contribution in [-0.4, -0.2) is 18.6 Å². The van der Waals surface area contributed by atoms with Crippen LogP contribution in [0.2, 0.25) is 0 Å². The Bertz CT molecular complexity index is 1090. The Labute approximate surface area is 189 Å². The Balaban J connectivity index is 1.88. The van der Waals surface area contributed by atoms with Gasteiger partial charge in [0.1, 0.15) is 5.82 Å². The van der Waals surface area contributed by atoms with Gasteiger partial charge in [0.15, 0.2) is 27.2 Å². The van der Waals surface area contributed by atoms with Gasteiger partial charge in [0.2, 0.25) is 0 Å². The summed E-state index contributed by atoms with van der Waals surface area (Å²) in [5.41, 5.74) is 1.42. The smallest absolute Gasteiger partial charge is 0.184 e. The summed E-state index contributed by atoms with van der Waals surface area (Å²) in [6.07, 6.45) is 2.96. The van der Waals surface area contributed by atoms with Crippen molar-refractivity contribution in [1.82, 2.24) is 0 Å². The zero-order valence-electron chi connectivity index (χ0n) is 18.6. The Morgan fingerprint density at radius 1 is 1.03 bits per heavy atom. The summed E-state index contributed by atoms with van der Waals surface area (Å²) >= 11 is 0. The maximum atomic E-state index is 14.2. The van der Waals surface area contributed by atoms with Crippen molar-refractivity contribution in [1.29, 1.82) is 0 Å². The minimum Gasteiger partial charge on any atom is -0.490 e. The van der Waals surface area contributed by atoms with Gasteiger partial charge in [0.25, 0.3) is 0 Å². The molecule has 2 nitrogen and oxygen atoms in total. The predicted octanol–water partition coefficient (Wildman–Crippen LogP) is 8.78. The maximum absolute atomic E-state index is 14.2. The monoisotopic (exact) mass is 492 g/mol. The molecule has 0 saturated heterocycles. The molecule has 2 aromatic rings. The van der Waals surface area contributed by atoms with Crippen molar-refractivity contribution in [2.24, 2.45) is 0 Å². The Morgan fingerprint density at radius 2 is 1.64 bits per heavy atom. The first-order chi connectivity index (χ1) is 15.0. The first kappa shape index (κ1) is 26.6. The second-order valence-corrected chi connectivity index (χ2v) is 11.5. The first-order valence-electron chi connectivity index (χ1n) is 10.0. The second kappa shape index (κ2) is 8.93. The van der Waals surface area contributed by atoms with E-state index in [1.807, 2.05) is 0 Å². The highest BCUT2D eigenvalue weighted by atomic mass is 32.5. The van der Waals surface area contributed by atoms with Crippen LogP contribution in [0.4, 0.5) is 24.3 Å². The van der Waals surface area contributed by atoms with Crippen LogP contribution >= 0.6 is 9.84 Å². The Kier molecular flexibility index (Phi) is 7.19. The van der Waals surface area contributed by atoms with Crippen LogP contribution in [0.25, 0.3) is 5.57 Å². The molecule has 0 unspecified atom stereocenters. The number of halogens is 6. The van der Waals surface area contributed by atoms with Crippen molar-refractivity contribution in [3.63, 3.8) is 0 Å². The molecular weight excluding hydrogens is 466 g/mol. The van der Waals surface area contributed by atoms with E-state index < -0.39 is 37.7 Å². The normalized spacial score (nSPS) is 14.4. The van der Waals surface area contributed by atoms with Crippen molar-refractivity contribution in [3.05, 3.63) is 77.4 Å². The summed E-state index contributed by atoms with van der Waals surface area (Å²) in [6.45, 7) is 6.84. The number of carbonyl (C=O) groups is 1. The lowest BCUT2D eigenvalue weighted by atomic mass is 10.0. The fraction of sp³-hybridized carbons (Fsp3) is 0.292. The van der Waals surface area contributed by atoms with Gasteiger partial charge >= 0.3 is 0 Å². The van der Waals surface area contributed by atoms with Gasteiger partial charge in [-0.15, -0.1) is 15.5 Å². The molecule has 0 radical (unpaired) electrons. The summed E-state index contributed by atoms with van der Waals surface area (Å²) in [5.74, 6) is -2.93. The van der Waals surface area contributed by atoms with E-state index in [0.717, 1.165) is 36.8 Å². The van der Waals surface area contributed by atoms with E-state index >= 15 is 0 Å². The Morgan fingerprint density at radius 3 is 2.18 bits per heavy atom. The van der Waals surface area contributed by atoms with E-state index in [9.17, 15) is 29.1 Å². The zero-order chi connectivity index (χ0) is 25.1. The SMILES string of the molecule is C=C(CC=C(C)c1ccc(S(C)(F)(F)(F)F)cc1)CCCOc1ccc(F)c(C(C)=O)c1F. The molecule has 0 amide bonds. The molecule has 2 rings (SSSR count). The molecule has 0 aliphatic rings. The number of rotatable bonds is 10. The van der Waals surface area contributed by atoms with Crippen LogP contribution in [0.15, 0.2) is 59.5 Å². The number of benzene rings is 2. The van der Waals surface area contributed by atoms with E-state index in [1.54, 1.807) is 13.0 Å². The fourth-order valence-corrected chi connectivity index (χ4v) is 3.87. The molecule has 9 heteroatoms. The summed E-state index contributed by atoms with van der Waals surface area (Å²) < 4.78 is 86.9. The maximum Gasteiger partial charge on any atom is 0.184 e. The minimum absolute atomic E-state index is 0.116. The van der Waals surface area contributed by atoms with Gasteiger partial charge < -0.3 is 4.74 Å². The molecule has 0 aliphatic carbocycles. The highest BCUT2D eigenvalue weighted by molar-refractivity contribution is 8.49. The highest BCUT2D eigenvalue weighted by Crippen LogP contribution is 2.98. The number of hydrogen-bond acceptors (Lipinski definition) is 2. The van der Waals surface area contributed by atoms with Crippen molar-refractivity contribution < 1.29 is 33.9 Å². The molecule has 0 spiro atoms. The number of hydrogen-bond donors (Lipinski definition) is 0. The van der Waals surface area contributed by atoms with Gasteiger partial charge in [-0.3, -0.25) is 4.79 Å². The van der Waals surface area contributed by atoms with E-state index in [0.29, 0.717) is 30.4 Å². The van der Waals surface area contributed by atoms with Crippen molar-refractivity contribution >= 4 is 21.2 Å². The average Bonchev–Trinajstić information content (AvgIpc) is 2.69. The first-order valence-corrected chi connectivity index (χ1v) is 12.5. The van der Waals surface area contributed by atoms with Crippen molar-refractivity contribution in [2.45, 2.75) is 38.0 Å². The molecule has 0 aliphatic heterocycles. The number of Topliss-reactive ketones (excluding diaryl/α,β-unsaturated/α-hetero) is 1. The van der Waals surface area contributed by atoms with Crippen LogP contribution in [0, 0.1) is 11.6 Å². The predicted molar refractivity (Wildman–Crippen MR) is 121 cm³/mol. The topological polar surface area (TPSA) is 26.3 Å². The van der Waals surface area contributed by atoms with E-state index in [-0.39, 0.29) is 18.6 Å². The van der Waals surface area contributed by atoms with Gasteiger partial charge in [-0.05, 0) is 68.5 Å². The van der Waals surface area contributed by atoms with Gasteiger partial charge in [-0.1, -0.05) is 30.4 Å². The van der Waals surface area contributed by atoms with Crippen LogP contribution < -0.4 is 4.74 Å². The molecule has 0 N–H and O–H groups in total. The molecule has 0 saturated carbocycles. The molecular formula is C24H26F6O2S. The minimum atomic E-state index is -8.20. The number of allylic oxidation sites excluding steroid dienone is 3. The van der Waals surface area contributed by atoms with E-state index in [1.165, 1.54) is 12.1 Å². The van der Waals surface area contributed by atoms with Crippen molar-refractivity contribution in [3.8, 4) is 5.75 Å². The molecule has 0 atom stereocenters. The number of ketones is 1. The molecule has 2 aromatic carbocycles. The standard InChI is InChI=1S/C24H26F6O2S/c1-16(6-5-15-32-22-14-13-21(25)23(18(3)31)24(22)26)7-8-17(2)19-9-11-20(12-10-19)33(4,27,28,29)30/h8-14H,1,5-7,15H2,2-4H3. The van der Waals surface area contributed by atoms with Crippen LogP contribution in [0.1, 0.15) is 49.0 Å². The Hall–Kier alpha value is -2.68. The van der Waals surface area contributed by atoms with Gasteiger partial charge in [-0.25, -0.2) is 8.78 Å². The van der Waals surface area contributed by atoms with Crippen molar-refractivity contribution in [2.75, 3.05) is 12.9 Å². The molecule has 0 fully saturated rings. The lowest BCUT2D eigenvalue weighted by molar-refractivity contribution is 0.100. The summed E-state index contributed by atoms with van der Waals surface area (Å²) in [5, 5.41) is 0. The molecule has 0 aromatic heterocycles. The zero-order valence-corrected chi connectivity index (χ0v) is 19.4. The molecule has 0 bridgehead atoms. The lowest BCUT2D eigenvalue weighted by Crippen LogP contribution is -2.10. The summed E-state index contributed by atoms with van der Waals surface area (Å²) in [4.78, 5) is 10.1. The highest BCUT2D eigenvalue weighted by Gasteiger charge is 2.59. The second-order valence-electron chi connectivity index (χ2n) is 8.09. The average molecular weight is 493 g/mol. The van der Waals surface area contributed by atoms with Gasteiger partial charge in [0, 0.05) is 0 Å². The van der Waals surface area contributed by atoms with Gasteiger partial charge in [0.05, 0.1) is 23.3 Å². The lowest BCUT2D eigenvalue weighted by Gasteiger charge is -2.46. The van der Waals surface area contributed by atoms with Gasteiger partial charge in [-0.2, -0.15) is 0 Å². The summed E-state index contributed by atoms with van der Waals surface area (Å²) in [6, 6.07) is 6.03. The quantitative estimate of drug-likeness (QED) is 0.143. The third-order valence-electron chi connectivity index (χ3n) is 4.94. The fourth-order valence-electron chi connectivity index (χ4n) is 3.05. The van der Waals surface area contributed by atoms with Crippen LogP contribution in [0.5, 0.6) is 5.75 Å². The van der Waals surface area contributed by atoms with Crippen LogP contribution in [0.3, 0.4) is 0 Å². The molecule has 33 heavy (non-hydrogen) atoms. The third kappa shape index (κ3) is 7.42. The summed E-state index contributed by atoms with van der Waals surface area (Å²) in [7, 11) is -8.20. The number of ether oxygens (including phenoxy) is 1. The molecule has 182 valence electrons. The third-order valence-corrected chi connectivity index (χ3v) is 6.39. The van der Waals surface area contributed by atoms with E-state index in [2.05, 4.69) is 6.58 Å². The number of carbonyl (C=O) groups excluding carboxylic acids is 1. The van der Waals surface area contributed by atoms with Crippen LogP contribution in [-0.2, 0) is 0 Å².